The smallest absolute Gasteiger partial charge is 0.0521 e. The molecule has 3 heteroatoms. The van der Waals surface area contributed by atoms with Gasteiger partial charge in [0.15, 0.2) is 0 Å². The van der Waals surface area contributed by atoms with Crippen molar-refractivity contribution < 1.29 is 0 Å². The summed E-state index contributed by atoms with van der Waals surface area (Å²) in [6, 6.07) is 0. The average molecular weight is 237 g/mol. The van der Waals surface area contributed by atoms with Crippen LogP contribution in [0.15, 0.2) is 12.4 Å². The van der Waals surface area contributed by atoms with E-state index in [-0.39, 0.29) is 0 Å². The van der Waals surface area contributed by atoms with E-state index in [1.807, 2.05) is 17.9 Å². The van der Waals surface area contributed by atoms with Crippen LogP contribution in [0, 0.1) is 5.41 Å². The quantitative estimate of drug-likeness (QED) is 0.753. The van der Waals surface area contributed by atoms with Crippen molar-refractivity contribution in [1.29, 1.82) is 0 Å². The van der Waals surface area contributed by atoms with Crippen LogP contribution in [-0.4, -0.2) is 23.4 Å². The lowest BCUT2D eigenvalue weighted by Gasteiger charge is -2.32. The summed E-state index contributed by atoms with van der Waals surface area (Å²) in [6.45, 7) is 5.67. The predicted octanol–water partition coefficient (Wildman–Crippen LogP) is 2.77. The molecule has 0 spiro atoms. The van der Waals surface area contributed by atoms with Crippen LogP contribution in [0.25, 0.3) is 0 Å². The van der Waals surface area contributed by atoms with Crippen LogP contribution in [-0.2, 0) is 13.5 Å². The van der Waals surface area contributed by atoms with Gasteiger partial charge in [0.2, 0.25) is 0 Å². The summed E-state index contributed by atoms with van der Waals surface area (Å²) in [5.41, 5.74) is 1.76. The van der Waals surface area contributed by atoms with E-state index in [0.29, 0.717) is 5.41 Å². The molecule has 0 saturated heterocycles. The second-order valence-corrected chi connectivity index (χ2v) is 5.19. The van der Waals surface area contributed by atoms with E-state index in [9.17, 15) is 0 Å². The Bertz CT molecular complexity index is 319. The van der Waals surface area contributed by atoms with Gasteiger partial charge in [-0.05, 0) is 37.3 Å². The molecule has 0 aliphatic rings. The van der Waals surface area contributed by atoms with Gasteiger partial charge in [-0.25, -0.2) is 0 Å². The molecule has 1 atom stereocenters. The molecule has 0 amide bonds. The number of nitrogens with one attached hydrogen (secondary N) is 1. The van der Waals surface area contributed by atoms with Gasteiger partial charge in [0.05, 0.1) is 6.20 Å². The van der Waals surface area contributed by atoms with Crippen LogP contribution in [0.1, 0.15) is 45.1 Å². The number of rotatable bonds is 8. The Hall–Kier alpha value is -0.830. The zero-order chi connectivity index (χ0) is 12.7. The first kappa shape index (κ1) is 14.2. The van der Waals surface area contributed by atoms with E-state index in [0.717, 1.165) is 13.0 Å². The van der Waals surface area contributed by atoms with Gasteiger partial charge in [-0.2, -0.15) is 5.10 Å². The lowest BCUT2D eigenvalue weighted by atomic mass is 9.75. The number of aryl methyl sites for hydroxylation is 1. The van der Waals surface area contributed by atoms with Crippen molar-refractivity contribution in [2.45, 2.75) is 46.0 Å². The van der Waals surface area contributed by atoms with E-state index in [1.54, 1.807) is 0 Å². The summed E-state index contributed by atoms with van der Waals surface area (Å²) in [7, 11) is 4.04. The minimum atomic E-state index is 0.397. The van der Waals surface area contributed by atoms with Crippen LogP contribution in [0.5, 0.6) is 0 Å². The van der Waals surface area contributed by atoms with Gasteiger partial charge in [0.1, 0.15) is 0 Å². The maximum atomic E-state index is 4.27. The predicted molar refractivity (Wildman–Crippen MR) is 73.1 cm³/mol. The van der Waals surface area contributed by atoms with Crippen molar-refractivity contribution in [3.63, 3.8) is 0 Å². The van der Waals surface area contributed by atoms with Gasteiger partial charge in [-0.15, -0.1) is 0 Å². The highest BCUT2D eigenvalue weighted by atomic mass is 15.2. The summed E-state index contributed by atoms with van der Waals surface area (Å²) < 4.78 is 1.90. The fourth-order valence-corrected chi connectivity index (χ4v) is 2.59. The number of aromatic nitrogens is 2. The highest BCUT2D eigenvalue weighted by Gasteiger charge is 2.27. The first-order chi connectivity index (χ1) is 8.15. The molecule has 0 aliphatic heterocycles. The molecule has 0 aliphatic carbocycles. The fraction of sp³-hybridized carbons (Fsp3) is 0.786. The molecule has 98 valence electrons. The van der Waals surface area contributed by atoms with Crippen molar-refractivity contribution in [3.8, 4) is 0 Å². The van der Waals surface area contributed by atoms with E-state index >= 15 is 0 Å². The summed E-state index contributed by atoms with van der Waals surface area (Å²) in [5.74, 6) is 0. The third-order valence-electron chi connectivity index (χ3n) is 3.70. The van der Waals surface area contributed by atoms with Crippen LogP contribution < -0.4 is 5.32 Å². The largest absolute Gasteiger partial charge is 0.319 e. The number of nitrogens with zero attached hydrogens (tertiary/aromatic N) is 2. The average Bonchev–Trinajstić information content (AvgIpc) is 2.72. The lowest BCUT2D eigenvalue weighted by Crippen LogP contribution is -2.34. The molecular weight excluding hydrogens is 210 g/mol. The van der Waals surface area contributed by atoms with Crippen molar-refractivity contribution in [1.82, 2.24) is 15.1 Å². The number of hydrogen-bond donors (Lipinski definition) is 1. The molecule has 0 aromatic carbocycles. The minimum Gasteiger partial charge on any atom is -0.319 e. The first-order valence-corrected chi connectivity index (χ1v) is 6.78. The number of unbranched alkanes of at least 4 members (excludes halogenated alkanes) is 1. The molecule has 17 heavy (non-hydrogen) atoms. The Morgan fingerprint density at radius 1 is 1.41 bits per heavy atom. The van der Waals surface area contributed by atoms with E-state index in [2.05, 4.69) is 37.5 Å². The monoisotopic (exact) mass is 237 g/mol. The van der Waals surface area contributed by atoms with Crippen molar-refractivity contribution in [3.05, 3.63) is 18.0 Å². The highest BCUT2D eigenvalue weighted by Crippen LogP contribution is 2.32. The minimum absolute atomic E-state index is 0.397. The first-order valence-electron chi connectivity index (χ1n) is 6.78. The lowest BCUT2D eigenvalue weighted by molar-refractivity contribution is 0.235. The van der Waals surface area contributed by atoms with Gasteiger partial charge >= 0.3 is 0 Å². The molecule has 1 rings (SSSR count). The Morgan fingerprint density at radius 3 is 2.65 bits per heavy atom. The van der Waals surface area contributed by atoms with Crippen molar-refractivity contribution in [2.24, 2.45) is 12.5 Å². The molecule has 0 saturated carbocycles. The fourth-order valence-electron chi connectivity index (χ4n) is 2.59. The topological polar surface area (TPSA) is 29.9 Å². The van der Waals surface area contributed by atoms with Crippen molar-refractivity contribution >= 4 is 0 Å². The molecule has 1 aromatic rings. The van der Waals surface area contributed by atoms with Crippen LogP contribution >= 0.6 is 0 Å². The summed E-state index contributed by atoms with van der Waals surface area (Å²) in [5, 5.41) is 7.64. The van der Waals surface area contributed by atoms with Crippen LogP contribution in [0.3, 0.4) is 0 Å². The van der Waals surface area contributed by atoms with Gasteiger partial charge in [-0.1, -0.05) is 26.7 Å². The van der Waals surface area contributed by atoms with Gasteiger partial charge in [0, 0.05) is 19.8 Å². The molecule has 0 fully saturated rings. The Morgan fingerprint density at radius 2 is 2.18 bits per heavy atom. The Balaban J connectivity index is 2.73. The molecule has 3 nitrogen and oxygen atoms in total. The van der Waals surface area contributed by atoms with Crippen molar-refractivity contribution in [2.75, 3.05) is 13.6 Å². The summed E-state index contributed by atoms with van der Waals surface area (Å²) >= 11 is 0. The zero-order valence-electron chi connectivity index (χ0n) is 11.8. The zero-order valence-corrected chi connectivity index (χ0v) is 11.8. The summed E-state index contributed by atoms with van der Waals surface area (Å²) in [6.07, 6.45) is 10.4. The molecule has 0 radical (unpaired) electrons. The SMILES string of the molecule is CCCCC(CC)(CNC)Cc1cnn(C)c1. The third kappa shape index (κ3) is 4.15. The van der Waals surface area contributed by atoms with Gasteiger partial charge in [0.25, 0.3) is 0 Å². The Labute approximate surface area is 106 Å². The van der Waals surface area contributed by atoms with E-state index in [1.165, 1.54) is 31.2 Å². The van der Waals surface area contributed by atoms with Gasteiger partial charge < -0.3 is 5.32 Å². The molecule has 1 unspecified atom stereocenters. The van der Waals surface area contributed by atoms with E-state index < -0.39 is 0 Å². The molecule has 1 N–H and O–H groups in total. The summed E-state index contributed by atoms with van der Waals surface area (Å²) in [4.78, 5) is 0. The highest BCUT2D eigenvalue weighted by molar-refractivity contribution is 5.08. The normalized spacial score (nSPS) is 14.8. The standard InChI is InChI=1S/C14H27N3/c1-5-7-8-14(6-2,12-15-3)9-13-10-16-17(4)11-13/h10-11,15H,5-9,12H2,1-4H3. The second kappa shape index (κ2) is 6.80. The maximum Gasteiger partial charge on any atom is 0.0521 e. The second-order valence-electron chi connectivity index (χ2n) is 5.19. The van der Waals surface area contributed by atoms with Crippen LogP contribution in [0.4, 0.5) is 0 Å². The number of hydrogen-bond acceptors (Lipinski definition) is 2. The molecule has 0 bridgehead atoms. The van der Waals surface area contributed by atoms with Gasteiger partial charge in [-0.3, -0.25) is 4.68 Å². The van der Waals surface area contributed by atoms with Crippen LogP contribution in [0.2, 0.25) is 0 Å². The molecule has 1 aromatic heterocycles. The van der Waals surface area contributed by atoms with E-state index in [4.69, 9.17) is 0 Å². The third-order valence-corrected chi connectivity index (χ3v) is 3.70. The maximum absolute atomic E-state index is 4.27. The molecule has 1 heterocycles. The molecular formula is C14H27N3. The Kier molecular flexibility index (Phi) is 5.69.